The van der Waals surface area contributed by atoms with Crippen molar-refractivity contribution in [3.63, 3.8) is 0 Å². The van der Waals surface area contributed by atoms with Gasteiger partial charge in [-0.15, -0.1) is 0 Å². The first-order valence-corrected chi connectivity index (χ1v) is 15.1. The van der Waals surface area contributed by atoms with Crippen molar-refractivity contribution in [2.75, 3.05) is 20.8 Å². The molecule has 192 valence electrons. The lowest BCUT2D eigenvalue weighted by Gasteiger charge is -2.28. The Hall–Kier alpha value is -3.29. The van der Waals surface area contributed by atoms with Gasteiger partial charge in [0.25, 0.3) is 0 Å². The van der Waals surface area contributed by atoms with Gasteiger partial charge in [0.15, 0.2) is 11.5 Å². The van der Waals surface area contributed by atoms with Crippen molar-refractivity contribution in [1.29, 1.82) is 0 Å². The number of rotatable bonds is 13. The van der Waals surface area contributed by atoms with Gasteiger partial charge >= 0.3 is 0 Å². The molecular weight excluding hydrogens is 475 g/mol. The Morgan fingerprint density at radius 3 is 1.46 bits per heavy atom. The third-order valence-electron chi connectivity index (χ3n) is 6.78. The van der Waals surface area contributed by atoms with E-state index in [1.165, 1.54) is 28.8 Å². The van der Waals surface area contributed by atoms with Crippen LogP contribution in [0.3, 0.4) is 0 Å². The van der Waals surface area contributed by atoms with E-state index in [9.17, 15) is 0 Å². The minimum Gasteiger partial charge on any atom is -0.493 e. The molecule has 0 amide bonds. The van der Waals surface area contributed by atoms with Crippen LogP contribution in [0.5, 0.6) is 17.2 Å². The van der Waals surface area contributed by atoms with Gasteiger partial charge in [-0.1, -0.05) is 80.8 Å². The van der Waals surface area contributed by atoms with Crippen LogP contribution in [0.2, 0.25) is 0 Å². The highest BCUT2D eigenvalue weighted by molar-refractivity contribution is 7.95. The normalized spacial score (nSPS) is 11.2. The molecule has 0 fully saturated rings. The fraction of sp³-hybridized carbons (Fsp3) is 0.273. The lowest BCUT2D eigenvalue weighted by Crippen LogP contribution is -2.32. The van der Waals surface area contributed by atoms with Crippen molar-refractivity contribution < 1.29 is 14.2 Å². The molecule has 0 aliphatic carbocycles. The quantitative estimate of drug-likeness (QED) is 0.140. The Bertz CT molecular complexity index is 1100. The van der Waals surface area contributed by atoms with Gasteiger partial charge in [0.05, 0.1) is 27.0 Å². The lowest BCUT2D eigenvalue weighted by molar-refractivity contribution is 0.267. The van der Waals surface area contributed by atoms with Crippen LogP contribution < -0.4 is 30.1 Å². The Morgan fingerprint density at radius 2 is 1.05 bits per heavy atom. The highest BCUT2D eigenvalue weighted by Gasteiger charge is 2.45. The van der Waals surface area contributed by atoms with E-state index in [0.717, 1.165) is 36.1 Å². The van der Waals surface area contributed by atoms with E-state index in [4.69, 9.17) is 14.2 Å². The minimum atomic E-state index is -2.04. The van der Waals surface area contributed by atoms with Gasteiger partial charge in [-0.2, -0.15) is 0 Å². The zero-order valence-corrected chi connectivity index (χ0v) is 23.1. The van der Waals surface area contributed by atoms with Crippen molar-refractivity contribution in [1.82, 2.24) is 0 Å². The van der Waals surface area contributed by atoms with Gasteiger partial charge in [0, 0.05) is 0 Å². The van der Waals surface area contributed by atoms with Crippen LogP contribution in [0.25, 0.3) is 0 Å². The number of unbranched alkanes of at least 4 members (excludes halogenated alkanes) is 3. The van der Waals surface area contributed by atoms with Crippen LogP contribution in [0.4, 0.5) is 0 Å². The number of methoxy groups -OCH3 is 2. The first kappa shape index (κ1) is 26.8. The van der Waals surface area contributed by atoms with Crippen LogP contribution in [-0.4, -0.2) is 20.8 Å². The summed E-state index contributed by atoms with van der Waals surface area (Å²) in [4.78, 5) is 0. The molecule has 0 aliphatic heterocycles. The standard InChI is InChI=1S/C33H38O3P/c1-4-5-6-16-23-36-33-31(34-2)24-27(25-32(33)35-3)26-37(28-17-10-7-11-18-28,29-19-12-8-13-20-29)30-21-14-9-15-22-30/h7-15,17-22,24-25H,4-6,16,23,26H2,1-3H3/q+1. The van der Waals surface area contributed by atoms with Gasteiger partial charge in [-0.3, -0.25) is 0 Å². The summed E-state index contributed by atoms with van der Waals surface area (Å²) in [6.45, 7) is 2.87. The first-order chi connectivity index (χ1) is 18.2. The molecule has 4 aromatic carbocycles. The molecule has 0 bridgehead atoms. The maximum Gasteiger partial charge on any atom is 0.203 e. The Kier molecular flexibility index (Phi) is 9.63. The maximum atomic E-state index is 6.19. The molecule has 3 nitrogen and oxygen atoms in total. The molecule has 0 atom stereocenters. The monoisotopic (exact) mass is 513 g/mol. The van der Waals surface area contributed by atoms with Crippen molar-refractivity contribution in [2.45, 2.75) is 38.8 Å². The molecule has 4 aromatic rings. The second kappa shape index (κ2) is 13.3. The molecule has 0 heterocycles. The molecule has 0 unspecified atom stereocenters. The lowest BCUT2D eigenvalue weighted by atomic mass is 10.2. The topological polar surface area (TPSA) is 27.7 Å². The Balaban J connectivity index is 1.81. The van der Waals surface area contributed by atoms with Crippen LogP contribution in [-0.2, 0) is 6.16 Å². The SMILES string of the molecule is CCCCCCOc1c(OC)cc(C[P+](c2ccccc2)(c2ccccc2)c2ccccc2)cc1OC. The zero-order valence-electron chi connectivity index (χ0n) is 22.2. The summed E-state index contributed by atoms with van der Waals surface area (Å²) < 4.78 is 17.9. The predicted molar refractivity (Wildman–Crippen MR) is 158 cm³/mol. The summed E-state index contributed by atoms with van der Waals surface area (Å²) in [6.07, 6.45) is 5.45. The first-order valence-electron chi connectivity index (χ1n) is 13.2. The van der Waals surface area contributed by atoms with Gasteiger partial charge in [0.1, 0.15) is 23.2 Å². The molecule has 37 heavy (non-hydrogen) atoms. The van der Waals surface area contributed by atoms with E-state index in [1.807, 2.05) is 0 Å². The van der Waals surface area contributed by atoms with Crippen LogP contribution in [0.15, 0.2) is 103 Å². The second-order valence-corrected chi connectivity index (χ2v) is 12.7. The van der Waals surface area contributed by atoms with Crippen molar-refractivity contribution in [3.05, 3.63) is 109 Å². The van der Waals surface area contributed by atoms with Gasteiger partial charge < -0.3 is 14.2 Å². The number of hydrogen-bond acceptors (Lipinski definition) is 3. The summed E-state index contributed by atoms with van der Waals surface area (Å²) in [6, 6.07) is 37.1. The molecule has 4 heteroatoms. The molecule has 0 spiro atoms. The molecule has 0 aliphatic rings. The highest BCUT2D eigenvalue weighted by Crippen LogP contribution is 2.59. The predicted octanol–water partition coefficient (Wildman–Crippen LogP) is 7.16. The minimum absolute atomic E-state index is 0.654. The molecular formula is C33H38O3P+. The summed E-state index contributed by atoms with van der Waals surface area (Å²) in [5.74, 6) is 2.13. The van der Waals surface area contributed by atoms with Crippen molar-refractivity contribution in [3.8, 4) is 17.2 Å². The summed E-state index contributed by atoms with van der Waals surface area (Å²) in [5.41, 5.74) is 1.16. The zero-order chi connectivity index (χ0) is 25.9. The summed E-state index contributed by atoms with van der Waals surface area (Å²) in [7, 11) is 1.37. The average Bonchev–Trinajstić information content (AvgIpc) is 2.97. The van der Waals surface area contributed by atoms with E-state index in [0.29, 0.717) is 12.4 Å². The van der Waals surface area contributed by atoms with Crippen LogP contribution in [0.1, 0.15) is 38.2 Å². The van der Waals surface area contributed by atoms with E-state index >= 15 is 0 Å². The van der Waals surface area contributed by atoms with Crippen LogP contribution in [0, 0.1) is 0 Å². The van der Waals surface area contributed by atoms with E-state index < -0.39 is 7.26 Å². The molecule has 0 N–H and O–H groups in total. The van der Waals surface area contributed by atoms with Crippen LogP contribution >= 0.6 is 7.26 Å². The molecule has 4 rings (SSSR count). The molecule has 0 aromatic heterocycles. The van der Waals surface area contributed by atoms with E-state index in [-0.39, 0.29) is 0 Å². The fourth-order valence-electron chi connectivity index (χ4n) is 4.91. The van der Waals surface area contributed by atoms with Gasteiger partial charge in [-0.25, -0.2) is 0 Å². The summed E-state index contributed by atoms with van der Waals surface area (Å²) in [5, 5.41) is 4.05. The Labute approximate surface area is 222 Å². The van der Waals surface area contributed by atoms with E-state index in [2.05, 4.69) is 110 Å². The molecule has 0 saturated heterocycles. The fourth-order valence-corrected chi connectivity index (χ4v) is 9.13. The number of ether oxygens (including phenoxy) is 3. The maximum absolute atomic E-state index is 6.19. The third kappa shape index (κ3) is 6.17. The number of hydrogen-bond donors (Lipinski definition) is 0. The van der Waals surface area contributed by atoms with Crippen molar-refractivity contribution in [2.24, 2.45) is 0 Å². The largest absolute Gasteiger partial charge is 0.493 e. The third-order valence-corrected chi connectivity index (χ3v) is 11.2. The molecule has 0 saturated carbocycles. The number of benzene rings is 4. The second-order valence-electron chi connectivity index (χ2n) is 9.21. The Morgan fingerprint density at radius 1 is 0.595 bits per heavy atom. The smallest absolute Gasteiger partial charge is 0.203 e. The van der Waals surface area contributed by atoms with Gasteiger partial charge in [0.2, 0.25) is 5.75 Å². The van der Waals surface area contributed by atoms with Gasteiger partial charge in [-0.05, 0) is 60.5 Å². The molecule has 0 radical (unpaired) electrons. The van der Waals surface area contributed by atoms with Crippen molar-refractivity contribution >= 4 is 23.2 Å². The van der Waals surface area contributed by atoms with E-state index in [1.54, 1.807) is 14.2 Å². The highest BCUT2D eigenvalue weighted by atomic mass is 31.2. The average molecular weight is 514 g/mol. The summed E-state index contributed by atoms with van der Waals surface area (Å²) >= 11 is 0.